The predicted molar refractivity (Wildman–Crippen MR) is 136 cm³/mol. The number of carbonyl (C=O) groups excluding carboxylic acids is 1. The minimum atomic E-state index is -0.398. The van der Waals surface area contributed by atoms with E-state index in [-0.39, 0.29) is 17.5 Å². The minimum absolute atomic E-state index is 0.0552. The van der Waals surface area contributed by atoms with E-state index in [0.717, 1.165) is 44.8 Å². The minimum Gasteiger partial charge on any atom is -0.379 e. The van der Waals surface area contributed by atoms with Gasteiger partial charge in [-0.25, -0.2) is 4.98 Å². The number of morpholine rings is 1. The molecule has 7 nitrogen and oxygen atoms in total. The third-order valence-electron chi connectivity index (χ3n) is 6.10. The van der Waals surface area contributed by atoms with E-state index in [4.69, 9.17) is 9.72 Å². The molecule has 1 aliphatic rings. The third-order valence-corrected chi connectivity index (χ3v) is 7.19. The first-order chi connectivity index (χ1) is 16.5. The number of rotatable bonds is 9. The maximum absolute atomic E-state index is 13.3. The summed E-state index contributed by atoms with van der Waals surface area (Å²) in [4.78, 5) is 33.4. The number of nitrogens with one attached hydrogen (secondary N) is 1. The van der Waals surface area contributed by atoms with E-state index in [1.54, 1.807) is 4.57 Å². The number of hydrogen-bond donors (Lipinski definition) is 1. The zero-order valence-electron chi connectivity index (χ0n) is 19.8. The molecular weight excluding hydrogens is 448 g/mol. The highest BCUT2D eigenvalue weighted by atomic mass is 32.2. The van der Waals surface area contributed by atoms with Crippen molar-refractivity contribution >= 4 is 28.6 Å². The molecule has 1 fully saturated rings. The summed E-state index contributed by atoms with van der Waals surface area (Å²) < 4.78 is 7.16. The van der Waals surface area contributed by atoms with Crippen molar-refractivity contribution in [3.8, 4) is 0 Å². The van der Waals surface area contributed by atoms with E-state index in [1.807, 2.05) is 68.4 Å². The molecule has 4 rings (SSSR count). The lowest BCUT2D eigenvalue weighted by Gasteiger charge is -2.26. The van der Waals surface area contributed by atoms with E-state index >= 15 is 0 Å². The Morgan fingerprint density at radius 2 is 1.76 bits per heavy atom. The van der Waals surface area contributed by atoms with Crippen molar-refractivity contribution in [3.63, 3.8) is 0 Å². The van der Waals surface area contributed by atoms with Gasteiger partial charge >= 0.3 is 0 Å². The Balaban J connectivity index is 1.49. The Morgan fingerprint density at radius 1 is 1.06 bits per heavy atom. The summed E-state index contributed by atoms with van der Waals surface area (Å²) in [7, 11) is 0. The van der Waals surface area contributed by atoms with Gasteiger partial charge in [-0.05, 0) is 38.0 Å². The Bertz CT molecular complexity index is 1160. The van der Waals surface area contributed by atoms with Gasteiger partial charge in [-0.1, -0.05) is 54.2 Å². The van der Waals surface area contributed by atoms with Crippen LogP contribution in [-0.2, 0) is 16.1 Å². The molecule has 0 aliphatic carbocycles. The molecule has 8 heteroatoms. The number of nitrogens with zero attached hydrogens (tertiary/aromatic N) is 3. The number of para-hydroxylation sites is 1. The fourth-order valence-corrected chi connectivity index (χ4v) is 5.02. The SMILES string of the molecule is CC(Sc1nc2ccccc2c(=O)n1CCCN1CCOCC1)C(=O)NC(C)c1ccccc1. The van der Waals surface area contributed by atoms with Gasteiger partial charge in [-0.15, -0.1) is 0 Å². The average molecular weight is 481 g/mol. The zero-order valence-corrected chi connectivity index (χ0v) is 20.6. The van der Waals surface area contributed by atoms with Crippen LogP contribution in [0.4, 0.5) is 0 Å². The molecule has 2 aromatic carbocycles. The van der Waals surface area contributed by atoms with Crippen molar-refractivity contribution in [1.29, 1.82) is 0 Å². The molecule has 0 saturated carbocycles. The van der Waals surface area contributed by atoms with Crippen LogP contribution in [0.2, 0.25) is 0 Å². The summed E-state index contributed by atoms with van der Waals surface area (Å²) in [6, 6.07) is 17.2. The van der Waals surface area contributed by atoms with Crippen molar-refractivity contribution in [1.82, 2.24) is 19.8 Å². The van der Waals surface area contributed by atoms with Crippen LogP contribution in [0.1, 0.15) is 31.9 Å². The monoisotopic (exact) mass is 480 g/mol. The Hall–Kier alpha value is -2.68. The van der Waals surface area contributed by atoms with Crippen LogP contribution in [0.25, 0.3) is 10.9 Å². The average Bonchev–Trinajstić information content (AvgIpc) is 2.87. The van der Waals surface area contributed by atoms with Crippen molar-refractivity contribution in [2.75, 3.05) is 32.8 Å². The first-order valence-electron chi connectivity index (χ1n) is 11.8. The number of amides is 1. The maximum Gasteiger partial charge on any atom is 0.262 e. The van der Waals surface area contributed by atoms with Gasteiger partial charge in [0.05, 0.1) is 35.4 Å². The molecule has 1 amide bonds. The van der Waals surface area contributed by atoms with Crippen LogP contribution in [0.3, 0.4) is 0 Å². The number of carbonyl (C=O) groups is 1. The van der Waals surface area contributed by atoms with Gasteiger partial charge in [0.2, 0.25) is 5.91 Å². The molecule has 2 atom stereocenters. The second-order valence-electron chi connectivity index (χ2n) is 8.58. The zero-order chi connectivity index (χ0) is 23.9. The van der Waals surface area contributed by atoms with Gasteiger partial charge in [0.25, 0.3) is 5.56 Å². The van der Waals surface area contributed by atoms with Gasteiger partial charge in [0.1, 0.15) is 0 Å². The molecular formula is C26H32N4O3S. The quantitative estimate of drug-likeness (QED) is 0.373. The largest absolute Gasteiger partial charge is 0.379 e. The van der Waals surface area contributed by atoms with Crippen molar-refractivity contribution in [3.05, 3.63) is 70.5 Å². The number of benzene rings is 2. The molecule has 1 aliphatic heterocycles. The van der Waals surface area contributed by atoms with Gasteiger partial charge in [0, 0.05) is 26.2 Å². The van der Waals surface area contributed by atoms with E-state index in [0.29, 0.717) is 22.6 Å². The predicted octanol–water partition coefficient (Wildman–Crippen LogP) is 3.48. The molecule has 0 bridgehead atoms. The number of aromatic nitrogens is 2. The summed E-state index contributed by atoms with van der Waals surface area (Å²) in [5.41, 5.74) is 1.65. The van der Waals surface area contributed by atoms with Gasteiger partial charge in [0.15, 0.2) is 5.16 Å². The molecule has 1 aromatic heterocycles. The molecule has 1 saturated heterocycles. The van der Waals surface area contributed by atoms with Crippen LogP contribution in [0, 0.1) is 0 Å². The molecule has 34 heavy (non-hydrogen) atoms. The lowest BCUT2D eigenvalue weighted by molar-refractivity contribution is -0.120. The van der Waals surface area contributed by atoms with Crippen molar-refractivity contribution in [2.45, 2.75) is 43.3 Å². The first kappa shape index (κ1) is 24.4. The van der Waals surface area contributed by atoms with Crippen LogP contribution in [0.5, 0.6) is 0 Å². The molecule has 180 valence electrons. The van der Waals surface area contributed by atoms with E-state index in [2.05, 4.69) is 10.2 Å². The summed E-state index contributed by atoms with van der Waals surface area (Å²) in [6.07, 6.45) is 0.832. The molecule has 0 spiro atoms. The highest BCUT2D eigenvalue weighted by Gasteiger charge is 2.21. The van der Waals surface area contributed by atoms with Gasteiger partial charge in [-0.2, -0.15) is 0 Å². The smallest absolute Gasteiger partial charge is 0.262 e. The molecule has 2 unspecified atom stereocenters. The van der Waals surface area contributed by atoms with Crippen LogP contribution >= 0.6 is 11.8 Å². The van der Waals surface area contributed by atoms with Crippen LogP contribution in [0.15, 0.2) is 64.5 Å². The first-order valence-corrected chi connectivity index (χ1v) is 12.7. The summed E-state index contributed by atoms with van der Waals surface area (Å²) in [5, 5.41) is 3.87. The van der Waals surface area contributed by atoms with Gasteiger partial charge in [-0.3, -0.25) is 19.1 Å². The highest BCUT2D eigenvalue weighted by molar-refractivity contribution is 8.00. The van der Waals surface area contributed by atoms with E-state index in [9.17, 15) is 9.59 Å². The molecule has 3 aromatic rings. The second kappa shape index (κ2) is 11.6. The third kappa shape index (κ3) is 6.05. The Labute approximate surface area is 204 Å². The lowest BCUT2D eigenvalue weighted by Crippen LogP contribution is -2.37. The van der Waals surface area contributed by atoms with E-state index < -0.39 is 5.25 Å². The Kier molecular flexibility index (Phi) is 8.37. The number of thioether (sulfide) groups is 1. The molecule has 1 N–H and O–H groups in total. The summed E-state index contributed by atoms with van der Waals surface area (Å²) in [5.74, 6) is -0.0800. The van der Waals surface area contributed by atoms with E-state index in [1.165, 1.54) is 11.8 Å². The number of fused-ring (bicyclic) bond motifs is 1. The second-order valence-corrected chi connectivity index (χ2v) is 9.88. The molecule has 2 heterocycles. The maximum atomic E-state index is 13.3. The standard InChI is InChI=1S/C26H32N4O3S/c1-19(21-9-4-3-5-10-21)27-24(31)20(2)34-26-28-23-12-7-6-11-22(23)25(32)30(26)14-8-13-29-15-17-33-18-16-29/h3-7,9-12,19-20H,8,13-18H2,1-2H3,(H,27,31). The normalized spacial score (nSPS) is 16.3. The number of hydrogen-bond acceptors (Lipinski definition) is 6. The summed E-state index contributed by atoms with van der Waals surface area (Å²) >= 11 is 1.34. The molecule has 0 radical (unpaired) electrons. The van der Waals surface area contributed by atoms with Crippen molar-refractivity contribution in [2.24, 2.45) is 0 Å². The lowest BCUT2D eigenvalue weighted by atomic mass is 10.1. The fourth-order valence-electron chi connectivity index (χ4n) is 4.08. The highest BCUT2D eigenvalue weighted by Crippen LogP contribution is 2.24. The summed E-state index contributed by atoms with van der Waals surface area (Å²) in [6.45, 7) is 8.64. The van der Waals surface area contributed by atoms with Gasteiger partial charge < -0.3 is 10.1 Å². The van der Waals surface area contributed by atoms with Crippen LogP contribution < -0.4 is 10.9 Å². The van der Waals surface area contributed by atoms with Crippen LogP contribution in [-0.4, -0.2) is 58.5 Å². The topological polar surface area (TPSA) is 76.5 Å². The fraction of sp³-hybridized carbons (Fsp3) is 0.423. The van der Waals surface area contributed by atoms with Crippen molar-refractivity contribution < 1.29 is 9.53 Å². The number of ether oxygens (including phenoxy) is 1. The Morgan fingerprint density at radius 3 is 2.53 bits per heavy atom.